The predicted molar refractivity (Wildman–Crippen MR) is 220 cm³/mol. The molecule has 3 aromatic heterocycles. The molecule has 2 aliphatic carbocycles. The number of carbonyl (C=O) groups is 4. The average molecular weight is 833 g/mol. The Morgan fingerprint density at radius 2 is 1.59 bits per heavy atom. The monoisotopic (exact) mass is 832 g/mol. The van der Waals surface area contributed by atoms with Gasteiger partial charge in [0, 0.05) is 55.6 Å². The zero-order valence-corrected chi connectivity index (χ0v) is 33.5. The number of aromatic nitrogens is 4. The minimum absolute atomic E-state index is 0.0561. The van der Waals surface area contributed by atoms with Crippen molar-refractivity contribution in [1.82, 2.24) is 34.9 Å². The molecule has 3 amide bonds. The fraction of sp³-hybridized carbons (Fsp3) is 0.357. The molecule has 2 fully saturated rings. The van der Waals surface area contributed by atoms with Crippen LogP contribution in [0.5, 0.6) is 5.88 Å². The van der Waals surface area contributed by atoms with Crippen LogP contribution in [0.3, 0.4) is 0 Å². The molecule has 1 saturated carbocycles. The van der Waals surface area contributed by atoms with E-state index in [2.05, 4.69) is 15.0 Å². The molecule has 4 aliphatic rings. The van der Waals surface area contributed by atoms with Gasteiger partial charge in [-0.3, -0.25) is 38.8 Å². The number of fused-ring (bicyclic) bond motifs is 3. The Morgan fingerprint density at radius 1 is 0.847 bits per heavy atom. The van der Waals surface area contributed by atoms with E-state index in [1.54, 1.807) is 18.2 Å². The second kappa shape index (κ2) is 16.0. The highest BCUT2D eigenvalue weighted by atomic mass is 32.2. The quantitative estimate of drug-likeness (QED) is 0.206. The number of amides is 3. The van der Waals surface area contributed by atoms with Gasteiger partial charge in [0.25, 0.3) is 5.91 Å². The summed E-state index contributed by atoms with van der Waals surface area (Å²) >= 11 is 1.40. The molecule has 0 spiro atoms. The van der Waals surface area contributed by atoms with Crippen LogP contribution < -0.4 is 14.8 Å². The molecule has 1 saturated heterocycles. The first-order valence-electron chi connectivity index (χ1n) is 19.8. The van der Waals surface area contributed by atoms with E-state index < -0.39 is 57.2 Å². The molecule has 2 N–H and O–H groups in total. The van der Waals surface area contributed by atoms with Crippen molar-refractivity contribution in [1.29, 1.82) is 0 Å². The third kappa shape index (κ3) is 8.34. The SMILES string of the molecule is O=C(N[C@H]1CCCCC2=C(C2)/N=C\[C@H]2[C@@H](C(=O)NS(=O)(=O)C3CC3)CC(=O)N2[C@H](Oc2nc3ccccc3nc2-c2nc3ccccc3s2)CCC1=O)c1ccncc1. The smallest absolute Gasteiger partial charge is 0.251 e. The Labute approximate surface area is 343 Å². The van der Waals surface area contributed by atoms with E-state index in [0.717, 1.165) is 34.3 Å². The van der Waals surface area contributed by atoms with Gasteiger partial charge in [-0.1, -0.05) is 30.7 Å². The summed E-state index contributed by atoms with van der Waals surface area (Å²) in [5.74, 6) is -3.04. The van der Waals surface area contributed by atoms with E-state index in [-0.39, 0.29) is 30.9 Å². The second-order valence-corrected chi connectivity index (χ2v) is 18.2. The lowest BCUT2D eigenvalue weighted by Gasteiger charge is -2.33. The number of sulfonamides is 1. The first kappa shape index (κ1) is 38.6. The molecule has 302 valence electrons. The van der Waals surface area contributed by atoms with Crippen molar-refractivity contribution in [2.45, 2.75) is 87.8 Å². The highest BCUT2D eigenvalue weighted by Crippen LogP contribution is 2.39. The van der Waals surface area contributed by atoms with Crippen LogP contribution >= 0.6 is 11.3 Å². The molecular weight excluding hydrogens is 793 g/mol. The van der Waals surface area contributed by atoms with Gasteiger partial charge in [-0.15, -0.1) is 11.3 Å². The van der Waals surface area contributed by atoms with Crippen molar-refractivity contribution in [2.24, 2.45) is 10.9 Å². The van der Waals surface area contributed by atoms with Crippen LogP contribution in [0.2, 0.25) is 0 Å². The zero-order chi connectivity index (χ0) is 40.7. The lowest BCUT2D eigenvalue weighted by Crippen LogP contribution is -2.50. The number of thiazole rings is 1. The predicted octanol–water partition coefficient (Wildman–Crippen LogP) is 5.28. The number of hydrogen-bond donors (Lipinski definition) is 2. The highest BCUT2D eigenvalue weighted by molar-refractivity contribution is 7.90. The van der Waals surface area contributed by atoms with Gasteiger partial charge in [-0.2, -0.15) is 0 Å². The summed E-state index contributed by atoms with van der Waals surface area (Å²) in [6, 6.07) is 16.2. The molecule has 17 heteroatoms. The molecule has 2 aliphatic heterocycles. The van der Waals surface area contributed by atoms with Gasteiger partial charge in [0.2, 0.25) is 27.7 Å². The lowest BCUT2D eigenvalue weighted by atomic mass is 9.99. The Hall–Kier alpha value is -5.94. The Bertz CT molecular complexity index is 2630. The molecule has 2 aromatic carbocycles. The summed E-state index contributed by atoms with van der Waals surface area (Å²) in [7, 11) is -3.93. The van der Waals surface area contributed by atoms with E-state index >= 15 is 0 Å². The number of hydrogen-bond acceptors (Lipinski definition) is 13. The second-order valence-electron chi connectivity index (χ2n) is 15.3. The zero-order valence-electron chi connectivity index (χ0n) is 31.8. The van der Waals surface area contributed by atoms with Crippen molar-refractivity contribution >= 4 is 72.3 Å². The number of aliphatic imine (C=N–C) groups is 1. The lowest BCUT2D eigenvalue weighted by molar-refractivity contribution is -0.137. The summed E-state index contributed by atoms with van der Waals surface area (Å²) in [4.78, 5) is 80.5. The Kier molecular flexibility index (Phi) is 10.5. The highest BCUT2D eigenvalue weighted by Gasteiger charge is 2.49. The number of carbonyl (C=O) groups excluding carboxylic acids is 4. The van der Waals surface area contributed by atoms with Gasteiger partial charge < -0.3 is 10.1 Å². The van der Waals surface area contributed by atoms with Crippen molar-refractivity contribution in [3.05, 3.63) is 89.9 Å². The number of pyridine rings is 1. The maximum atomic E-state index is 14.3. The number of para-hydroxylation sites is 3. The number of ketones is 1. The van der Waals surface area contributed by atoms with E-state index in [0.29, 0.717) is 59.4 Å². The van der Waals surface area contributed by atoms with Crippen LogP contribution in [0, 0.1) is 5.92 Å². The van der Waals surface area contributed by atoms with Crippen LogP contribution in [0.15, 0.2) is 89.3 Å². The molecule has 4 atom stereocenters. The average Bonchev–Trinajstić information content (AvgIpc) is 4.16. The van der Waals surface area contributed by atoms with Crippen molar-refractivity contribution in [2.75, 3.05) is 0 Å². The maximum Gasteiger partial charge on any atom is 0.251 e. The largest absolute Gasteiger partial charge is 0.452 e. The molecule has 5 heterocycles. The first-order chi connectivity index (χ1) is 28.6. The van der Waals surface area contributed by atoms with E-state index in [4.69, 9.17) is 24.7 Å². The molecule has 0 bridgehead atoms. The molecule has 59 heavy (non-hydrogen) atoms. The summed E-state index contributed by atoms with van der Waals surface area (Å²) < 4.78 is 35.9. The number of nitrogens with zero attached hydrogens (tertiary/aromatic N) is 6. The van der Waals surface area contributed by atoms with Crippen LogP contribution in [0.25, 0.3) is 32.0 Å². The van der Waals surface area contributed by atoms with Gasteiger partial charge >= 0.3 is 0 Å². The third-order valence-electron chi connectivity index (χ3n) is 11.1. The molecule has 5 aromatic rings. The normalized spacial score (nSPS) is 23.2. The minimum atomic E-state index is -3.93. The van der Waals surface area contributed by atoms with E-state index in [9.17, 15) is 27.6 Å². The van der Waals surface area contributed by atoms with Crippen LogP contribution in [-0.2, 0) is 24.4 Å². The van der Waals surface area contributed by atoms with Gasteiger partial charge in [0.1, 0.15) is 5.01 Å². The summed E-state index contributed by atoms with van der Waals surface area (Å²) in [6.45, 7) is 0. The van der Waals surface area contributed by atoms with Gasteiger partial charge in [0.05, 0.1) is 44.5 Å². The number of benzene rings is 2. The van der Waals surface area contributed by atoms with E-state index in [1.807, 2.05) is 42.5 Å². The Morgan fingerprint density at radius 3 is 2.36 bits per heavy atom. The van der Waals surface area contributed by atoms with Crippen LogP contribution in [0.4, 0.5) is 0 Å². The molecule has 0 unspecified atom stereocenters. The maximum absolute atomic E-state index is 14.3. The standard InChI is InChI=1S/C42H40N8O7S2/c51-34-15-16-37(57-41-38(45-28-8-3-4-9-29(28)47-41)42-48-31-11-5-6-12-35(31)58-42)50-33(27(22-36(50)52)40(54)49-59(55,56)26-13-14-26)23-44-32-21-25(32)7-1-2-10-30(34)46-39(53)24-17-19-43-20-18-24/h3-6,8-9,11-12,17-20,23,26-27,30,33,37H,1-2,7,10,13-16,21-22H2,(H,46,53)(H,49,54)/b44-23-/t27-,30-,33-,37+/m0/s1. The number of rotatable bonds is 8. The molecule has 0 radical (unpaired) electrons. The fourth-order valence-corrected chi connectivity index (χ4v) is 9.97. The van der Waals surface area contributed by atoms with Crippen molar-refractivity contribution in [3.8, 4) is 16.6 Å². The summed E-state index contributed by atoms with van der Waals surface area (Å²) in [5, 5.41) is 2.80. The third-order valence-corrected chi connectivity index (χ3v) is 14.0. The minimum Gasteiger partial charge on any atom is -0.452 e. The van der Waals surface area contributed by atoms with Crippen LogP contribution in [0.1, 0.15) is 74.6 Å². The first-order valence-corrected chi connectivity index (χ1v) is 22.1. The fourth-order valence-electron chi connectivity index (χ4n) is 7.67. The number of allylic oxidation sites excluding steroid dienone is 2. The topological polar surface area (TPSA) is 203 Å². The summed E-state index contributed by atoms with van der Waals surface area (Å²) in [6.07, 6.45) is 6.97. The van der Waals surface area contributed by atoms with E-state index in [1.165, 1.54) is 34.8 Å². The summed E-state index contributed by atoms with van der Waals surface area (Å²) in [5.41, 5.74) is 4.49. The number of Topliss-reactive ketones (excluding diaryl/α,β-unsaturated/α-hetero) is 1. The van der Waals surface area contributed by atoms with Gasteiger partial charge in [-0.25, -0.2) is 23.4 Å². The Balaban J connectivity index is 1.11. The molecule has 15 nitrogen and oxygen atoms in total. The van der Waals surface area contributed by atoms with Gasteiger partial charge in [-0.05, 0) is 74.1 Å². The van der Waals surface area contributed by atoms with Gasteiger partial charge in [0.15, 0.2) is 17.7 Å². The molecular formula is C42H40N8O7S2. The van der Waals surface area contributed by atoms with Crippen LogP contribution in [-0.4, -0.2) is 86.5 Å². The number of nitrogens with one attached hydrogen (secondary N) is 2. The molecule has 9 rings (SSSR count). The number of ether oxygens (including phenoxy) is 1. The van der Waals surface area contributed by atoms with Crippen molar-refractivity contribution < 1.29 is 32.3 Å². The van der Waals surface area contributed by atoms with Crippen molar-refractivity contribution in [3.63, 3.8) is 0 Å².